The zero-order valence-electron chi connectivity index (χ0n) is 13.8. The van der Waals surface area contributed by atoms with Crippen LogP contribution in [0, 0.1) is 0 Å². The largest absolute Gasteiger partial charge is 0.462 e. The molecule has 0 aliphatic heterocycles. The zero-order chi connectivity index (χ0) is 18.0. The third-order valence-electron chi connectivity index (χ3n) is 3.69. The van der Waals surface area contributed by atoms with E-state index in [9.17, 15) is 14.4 Å². The van der Waals surface area contributed by atoms with Gasteiger partial charge in [-0.1, -0.05) is 0 Å². The van der Waals surface area contributed by atoms with Gasteiger partial charge in [-0.2, -0.15) is 0 Å². The molecule has 6 nitrogen and oxygen atoms in total. The molecule has 0 unspecified atom stereocenters. The molecule has 0 saturated heterocycles. The Morgan fingerprint density at radius 1 is 0.840 bits per heavy atom. The van der Waals surface area contributed by atoms with E-state index >= 15 is 0 Å². The molecule has 0 atom stereocenters. The van der Waals surface area contributed by atoms with Crippen molar-refractivity contribution in [2.45, 2.75) is 13.8 Å². The van der Waals surface area contributed by atoms with Crippen molar-refractivity contribution < 1.29 is 23.5 Å². The summed E-state index contributed by atoms with van der Waals surface area (Å²) in [7, 11) is 0. The Hall–Kier alpha value is -3.15. The number of hydrogen-bond acceptors (Lipinski definition) is 6. The van der Waals surface area contributed by atoms with Crippen LogP contribution >= 0.6 is 0 Å². The summed E-state index contributed by atoms with van der Waals surface area (Å²) in [4.78, 5) is 36.4. The second kappa shape index (κ2) is 6.76. The van der Waals surface area contributed by atoms with E-state index in [4.69, 9.17) is 13.9 Å². The first kappa shape index (κ1) is 16.7. The molecule has 0 aliphatic carbocycles. The van der Waals surface area contributed by atoms with Crippen molar-refractivity contribution >= 4 is 33.9 Å². The standard InChI is InChI=1S/C19H16O6/c1-3-23-18(21)11-6-8-15-14(9-11)17(20)13-7-5-12(10-16(13)25-15)19(22)24-4-2/h5-10H,3-4H2,1-2H3. The molecule has 0 amide bonds. The molecule has 2 aromatic carbocycles. The van der Waals surface area contributed by atoms with Gasteiger partial charge in [-0.15, -0.1) is 0 Å². The van der Waals surface area contributed by atoms with Gasteiger partial charge >= 0.3 is 11.9 Å². The lowest BCUT2D eigenvalue weighted by Crippen LogP contribution is -2.08. The second-order valence-corrected chi connectivity index (χ2v) is 5.29. The lowest BCUT2D eigenvalue weighted by molar-refractivity contribution is 0.0517. The number of esters is 2. The molecule has 0 saturated carbocycles. The molecule has 6 heteroatoms. The molecule has 1 aromatic heterocycles. The van der Waals surface area contributed by atoms with Crippen molar-refractivity contribution in [3.63, 3.8) is 0 Å². The van der Waals surface area contributed by atoms with Gasteiger partial charge in [-0.05, 0) is 50.2 Å². The van der Waals surface area contributed by atoms with Gasteiger partial charge in [0.15, 0.2) is 0 Å². The third kappa shape index (κ3) is 3.10. The molecule has 3 rings (SSSR count). The van der Waals surface area contributed by atoms with Gasteiger partial charge < -0.3 is 13.9 Å². The third-order valence-corrected chi connectivity index (χ3v) is 3.69. The summed E-state index contributed by atoms with van der Waals surface area (Å²) >= 11 is 0. The predicted molar refractivity (Wildman–Crippen MR) is 91.9 cm³/mol. The molecule has 128 valence electrons. The highest BCUT2D eigenvalue weighted by molar-refractivity contribution is 5.98. The average molecular weight is 340 g/mol. The van der Waals surface area contributed by atoms with Gasteiger partial charge in [-0.3, -0.25) is 4.79 Å². The fraction of sp³-hybridized carbons (Fsp3) is 0.211. The number of carbonyl (C=O) groups excluding carboxylic acids is 2. The maximum Gasteiger partial charge on any atom is 0.338 e. The van der Waals surface area contributed by atoms with E-state index in [-0.39, 0.29) is 35.2 Å². The minimum Gasteiger partial charge on any atom is -0.462 e. The van der Waals surface area contributed by atoms with Crippen LogP contribution in [-0.4, -0.2) is 25.2 Å². The van der Waals surface area contributed by atoms with Crippen LogP contribution in [-0.2, 0) is 9.47 Å². The number of fused-ring (bicyclic) bond motifs is 2. The quantitative estimate of drug-likeness (QED) is 0.535. The van der Waals surface area contributed by atoms with Crippen molar-refractivity contribution in [3.05, 3.63) is 57.7 Å². The Bertz CT molecular complexity index is 1030. The topological polar surface area (TPSA) is 82.8 Å². The Morgan fingerprint density at radius 3 is 2.08 bits per heavy atom. The van der Waals surface area contributed by atoms with E-state index in [1.165, 1.54) is 30.3 Å². The van der Waals surface area contributed by atoms with Crippen molar-refractivity contribution in [3.8, 4) is 0 Å². The van der Waals surface area contributed by atoms with Gasteiger partial charge in [0.1, 0.15) is 11.2 Å². The first-order valence-electron chi connectivity index (χ1n) is 7.90. The predicted octanol–water partition coefficient (Wildman–Crippen LogP) is 3.30. The minimum absolute atomic E-state index is 0.250. The summed E-state index contributed by atoms with van der Waals surface area (Å²) in [5.74, 6) is -0.980. The van der Waals surface area contributed by atoms with E-state index in [1.807, 2.05) is 0 Å². The number of carbonyl (C=O) groups is 2. The first-order valence-corrected chi connectivity index (χ1v) is 7.90. The van der Waals surface area contributed by atoms with Crippen LogP contribution in [0.3, 0.4) is 0 Å². The lowest BCUT2D eigenvalue weighted by atomic mass is 10.1. The average Bonchev–Trinajstić information content (AvgIpc) is 2.61. The van der Waals surface area contributed by atoms with Crippen LogP contribution in [0.1, 0.15) is 34.6 Å². The fourth-order valence-corrected chi connectivity index (χ4v) is 2.54. The molecular weight excluding hydrogens is 324 g/mol. The van der Waals surface area contributed by atoms with E-state index in [0.717, 1.165) is 0 Å². The first-order chi connectivity index (χ1) is 12.0. The lowest BCUT2D eigenvalue weighted by Gasteiger charge is -2.06. The maximum atomic E-state index is 12.7. The molecule has 0 aliphatic rings. The van der Waals surface area contributed by atoms with E-state index in [1.54, 1.807) is 19.9 Å². The monoisotopic (exact) mass is 340 g/mol. The summed E-state index contributed by atoms with van der Waals surface area (Å²) in [5.41, 5.74) is 0.917. The highest BCUT2D eigenvalue weighted by Gasteiger charge is 2.14. The molecule has 0 N–H and O–H groups in total. The molecule has 25 heavy (non-hydrogen) atoms. The highest BCUT2D eigenvalue weighted by atomic mass is 16.5. The molecular formula is C19H16O6. The maximum absolute atomic E-state index is 12.7. The van der Waals surface area contributed by atoms with Gasteiger partial charge in [0, 0.05) is 0 Å². The van der Waals surface area contributed by atoms with E-state index in [0.29, 0.717) is 16.5 Å². The molecule has 3 aromatic rings. The van der Waals surface area contributed by atoms with Gasteiger partial charge in [0.25, 0.3) is 0 Å². The van der Waals surface area contributed by atoms with Crippen molar-refractivity contribution in [2.24, 2.45) is 0 Å². The van der Waals surface area contributed by atoms with E-state index in [2.05, 4.69) is 0 Å². The number of rotatable bonds is 4. The normalized spacial score (nSPS) is 10.8. The van der Waals surface area contributed by atoms with Gasteiger partial charge in [0.2, 0.25) is 5.43 Å². The molecule has 0 radical (unpaired) electrons. The summed E-state index contributed by atoms with van der Waals surface area (Å²) in [6.45, 7) is 3.94. The fourth-order valence-electron chi connectivity index (χ4n) is 2.54. The summed E-state index contributed by atoms with van der Waals surface area (Å²) in [5, 5.41) is 0.600. The van der Waals surface area contributed by atoms with Crippen molar-refractivity contribution in [2.75, 3.05) is 13.2 Å². The summed E-state index contributed by atoms with van der Waals surface area (Å²) in [6, 6.07) is 9.04. The summed E-state index contributed by atoms with van der Waals surface area (Å²) in [6.07, 6.45) is 0. The zero-order valence-corrected chi connectivity index (χ0v) is 13.8. The Kier molecular flexibility index (Phi) is 4.52. The minimum atomic E-state index is -0.499. The highest BCUT2D eigenvalue weighted by Crippen LogP contribution is 2.21. The Labute approximate surface area is 143 Å². The Morgan fingerprint density at radius 2 is 1.44 bits per heavy atom. The van der Waals surface area contributed by atoms with Crippen LogP contribution in [0.4, 0.5) is 0 Å². The molecule has 0 bridgehead atoms. The van der Waals surface area contributed by atoms with Crippen molar-refractivity contribution in [1.29, 1.82) is 0 Å². The van der Waals surface area contributed by atoms with Gasteiger partial charge in [-0.25, -0.2) is 9.59 Å². The number of hydrogen-bond donors (Lipinski definition) is 0. The SMILES string of the molecule is CCOC(=O)c1ccc2c(=O)c3cc(C(=O)OCC)ccc3oc2c1. The van der Waals surface area contributed by atoms with Crippen LogP contribution in [0.2, 0.25) is 0 Å². The van der Waals surface area contributed by atoms with Gasteiger partial charge in [0.05, 0.1) is 35.1 Å². The van der Waals surface area contributed by atoms with E-state index < -0.39 is 11.9 Å². The number of benzene rings is 2. The second-order valence-electron chi connectivity index (χ2n) is 5.29. The van der Waals surface area contributed by atoms with Crippen LogP contribution in [0.25, 0.3) is 21.9 Å². The Balaban J connectivity index is 2.16. The van der Waals surface area contributed by atoms with Crippen LogP contribution in [0.15, 0.2) is 45.6 Å². The number of ether oxygens (including phenoxy) is 2. The molecule has 0 fully saturated rings. The van der Waals surface area contributed by atoms with Crippen LogP contribution in [0.5, 0.6) is 0 Å². The molecule has 1 heterocycles. The summed E-state index contributed by atoms with van der Waals surface area (Å²) < 4.78 is 15.6. The van der Waals surface area contributed by atoms with Crippen molar-refractivity contribution in [1.82, 2.24) is 0 Å². The van der Waals surface area contributed by atoms with Crippen LogP contribution < -0.4 is 5.43 Å². The smallest absolute Gasteiger partial charge is 0.338 e. The molecule has 0 spiro atoms.